The molecular weight excluding hydrogens is 482 g/mol. The van der Waals surface area contributed by atoms with E-state index in [1.807, 2.05) is 0 Å². The van der Waals surface area contributed by atoms with E-state index in [1.165, 1.54) is 57.8 Å². The van der Waals surface area contributed by atoms with Gasteiger partial charge in [-0.15, -0.1) is 13.2 Å². The van der Waals surface area contributed by atoms with Gasteiger partial charge in [0.05, 0.1) is 5.92 Å². The zero-order chi connectivity index (χ0) is 25.9. The predicted molar refractivity (Wildman–Crippen MR) is 125 cm³/mol. The molecule has 0 heterocycles. The lowest BCUT2D eigenvalue weighted by molar-refractivity contribution is -0.275. The van der Waals surface area contributed by atoms with E-state index in [9.17, 15) is 26.3 Å². The highest BCUT2D eigenvalue weighted by Gasteiger charge is 2.45. The molecule has 2 nitrogen and oxygen atoms in total. The fourth-order valence-corrected chi connectivity index (χ4v) is 7.22. The molecular formula is C28H38F6O2. The van der Waals surface area contributed by atoms with E-state index in [4.69, 9.17) is 4.74 Å². The summed E-state index contributed by atoms with van der Waals surface area (Å²) >= 11 is 0. The van der Waals surface area contributed by atoms with Crippen molar-refractivity contribution in [3.8, 4) is 11.5 Å². The first-order chi connectivity index (χ1) is 17.0. The largest absolute Gasteiger partial charge is 0.573 e. The average Bonchev–Trinajstić information content (AvgIpc) is 3.29. The van der Waals surface area contributed by atoms with Crippen LogP contribution in [0.4, 0.5) is 26.3 Å². The molecule has 204 valence electrons. The van der Waals surface area contributed by atoms with E-state index in [1.54, 1.807) is 0 Å². The molecule has 36 heavy (non-hydrogen) atoms. The van der Waals surface area contributed by atoms with Crippen LogP contribution < -0.4 is 9.47 Å². The van der Waals surface area contributed by atoms with E-state index >= 15 is 0 Å². The highest BCUT2D eigenvalue weighted by atomic mass is 19.4. The molecule has 2 atom stereocenters. The Balaban J connectivity index is 1.23. The van der Waals surface area contributed by atoms with Crippen LogP contribution in [-0.2, 0) is 0 Å². The summed E-state index contributed by atoms with van der Waals surface area (Å²) < 4.78 is 88.7. The van der Waals surface area contributed by atoms with Crippen molar-refractivity contribution < 1.29 is 35.8 Å². The molecule has 0 aliphatic heterocycles. The van der Waals surface area contributed by atoms with Crippen LogP contribution in [0.2, 0.25) is 0 Å². The molecule has 3 fully saturated rings. The van der Waals surface area contributed by atoms with Gasteiger partial charge in [-0.25, -0.2) is 4.39 Å². The van der Waals surface area contributed by atoms with Crippen LogP contribution in [-0.4, -0.2) is 12.5 Å². The summed E-state index contributed by atoms with van der Waals surface area (Å²) in [5, 5.41) is 0. The lowest BCUT2D eigenvalue weighted by Gasteiger charge is -2.40. The monoisotopic (exact) mass is 520 g/mol. The number of hydrogen-bond donors (Lipinski definition) is 0. The van der Waals surface area contributed by atoms with E-state index in [-0.39, 0.29) is 0 Å². The molecule has 1 aromatic carbocycles. The van der Waals surface area contributed by atoms with E-state index < -0.39 is 35.7 Å². The number of alkyl halides is 5. The lowest BCUT2D eigenvalue weighted by atomic mass is 9.67. The van der Waals surface area contributed by atoms with Crippen LogP contribution in [0.5, 0.6) is 11.5 Å². The summed E-state index contributed by atoms with van der Waals surface area (Å²) in [4.78, 5) is 0. The van der Waals surface area contributed by atoms with Gasteiger partial charge in [-0.2, -0.15) is 8.78 Å². The van der Waals surface area contributed by atoms with Gasteiger partial charge in [0.15, 0.2) is 11.6 Å². The topological polar surface area (TPSA) is 18.5 Å². The maximum absolute atomic E-state index is 14.8. The third kappa shape index (κ3) is 7.03. The quantitative estimate of drug-likeness (QED) is 0.318. The van der Waals surface area contributed by atoms with Crippen molar-refractivity contribution in [2.24, 2.45) is 35.5 Å². The normalized spacial score (nSPS) is 31.9. The predicted octanol–water partition coefficient (Wildman–Crippen LogP) is 9.53. The third-order valence-electron chi connectivity index (χ3n) is 9.06. The Morgan fingerprint density at radius 2 is 1.31 bits per heavy atom. The van der Waals surface area contributed by atoms with Crippen molar-refractivity contribution in [1.29, 1.82) is 0 Å². The van der Waals surface area contributed by atoms with E-state index in [2.05, 4.69) is 11.7 Å². The third-order valence-corrected chi connectivity index (χ3v) is 9.06. The molecule has 3 saturated carbocycles. The van der Waals surface area contributed by atoms with Gasteiger partial charge in [0.25, 0.3) is 0 Å². The molecule has 3 aliphatic rings. The molecule has 2 unspecified atom stereocenters. The summed E-state index contributed by atoms with van der Waals surface area (Å²) in [7, 11) is 0. The van der Waals surface area contributed by atoms with Crippen molar-refractivity contribution >= 4 is 0 Å². The summed E-state index contributed by atoms with van der Waals surface area (Å²) in [6, 6.07) is 2.03. The smallest absolute Gasteiger partial charge is 0.432 e. The number of benzene rings is 1. The first kappa shape index (κ1) is 27.4. The van der Waals surface area contributed by atoms with Gasteiger partial charge >= 0.3 is 12.5 Å². The fourth-order valence-electron chi connectivity index (χ4n) is 7.22. The summed E-state index contributed by atoms with van der Waals surface area (Å²) in [5.74, 6) is -0.280. The van der Waals surface area contributed by atoms with Crippen LogP contribution >= 0.6 is 0 Å². The Morgan fingerprint density at radius 1 is 0.750 bits per heavy atom. The molecule has 0 saturated heterocycles. The molecule has 4 rings (SSSR count). The van der Waals surface area contributed by atoms with Crippen LogP contribution in [0.25, 0.3) is 0 Å². The van der Waals surface area contributed by atoms with Crippen molar-refractivity contribution in [2.75, 3.05) is 0 Å². The molecule has 0 amide bonds. The van der Waals surface area contributed by atoms with Crippen LogP contribution in [0.15, 0.2) is 18.2 Å². The maximum Gasteiger partial charge on any atom is 0.573 e. The minimum absolute atomic E-state index is 0.330. The van der Waals surface area contributed by atoms with Gasteiger partial charge in [-0.1, -0.05) is 26.2 Å². The zero-order valence-corrected chi connectivity index (χ0v) is 21.0. The Labute approximate surface area is 210 Å². The van der Waals surface area contributed by atoms with Gasteiger partial charge < -0.3 is 9.47 Å². The Kier molecular flexibility index (Phi) is 8.71. The molecule has 0 bridgehead atoms. The molecule has 0 radical (unpaired) electrons. The maximum atomic E-state index is 14.8. The van der Waals surface area contributed by atoms with Gasteiger partial charge in [-0.05, 0) is 106 Å². The molecule has 3 aliphatic carbocycles. The second-order valence-corrected chi connectivity index (χ2v) is 11.3. The summed E-state index contributed by atoms with van der Waals surface area (Å²) in [6.45, 7) is 2.27. The lowest BCUT2D eigenvalue weighted by Crippen LogP contribution is -2.38. The molecule has 1 aromatic rings. The van der Waals surface area contributed by atoms with Gasteiger partial charge in [-0.3, -0.25) is 0 Å². The van der Waals surface area contributed by atoms with Crippen molar-refractivity contribution in [3.05, 3.63) is 24.0 Å². The summed E-state index contributed by atoms with van der Waals surface area (Å²) in [5.41, 5.74) is 0. The zero-order valence-electron chi connectivity index (χ0n) is 21.0. The number of ether oxygens (including phenoxy) is 2. The molecule has 0 spiro atoms. The van der Waals surface area contributed by atoms with Gasteiger partial charge in [0, 0.05) is 6.07 Å². The Hall–Kier alpha value is -1.60. The van der Waals surface area contributed by atoms with Crippen LogP contribution in [0.3, 0.4) is 0 Å². The van der Waals surface area contributed by atoms with Crippen molar-refractivity contribution in [2.45, 2.75) is 103 Å². The van der Waals surface area contributed by atoms with Crippen LogP contribution in [0.1, 0.15) is 90.4 Å². The molecule has 0 N–H and O–H groups in total. The number of halogens is 6. The Morgan fingerprint density at radius 3 is 1.86 bits per heavy atom. The molecule has 8 heteroatoms. The fraction of sp³-hybridized carbons (Fsp3) is 0.786. The highest BCUT2D eigenvalue weighted by Crippen LogP contribution is 2.49. The number of hydrogen-bond acceptors (Lipinski definition) is 2. The second-order valence-electron chi connectivity index (χ2n) is 11.3. The van der Waals surface area contributed by atoms with Crippen LogP contribution in [0, 0.1) is 41.3 Å². The SMILES string of the molecule is CCCC1CCC(C2CCC(C3CCC(C(F)(F)Oc4ccc(OC(F)(F)F)c(F)c4)CC3)CC2)C1. The minimum Gasteiger partial charge on any atom is -0.432 e. The molecule has 0 aromatic heterocycles. The number of rotatable bonds is 8. The second kappa shape index (κ2) is 11.4. The van der Waals surface area contributed by atoms with E-state index in [0.717, 1.165) is 36.7 Å². The van der Waals surface area contributed by atoms with Crippen molar-refractivity contribution in [1.82, 2.24) is 0 Å². The van der Waals surface area contributed by atoms with E-state index in [0.29, 0.717) is 36.8 Å². The van der Waals surface area contributed by atoms with Crippen molar-refractivity contribution in [3.63, 3.8) is 0 Å². The Bertz CT molecular complexity index is 841. The average molecular weight is 521 g/mol. The van der Waals surface area contributed by atoms with Gasteiger partial charge in [0.2, 0.25) is 0 Å². The standard InChI is InChI=1S/C28H38F6O2/c1-2-3-18-4-5-22(16-18)21-8-6-19(7-9-21)20-10-12-23(13-11-20)27(30,31)35-24-14-15-26(25(29)17-24)36-28(32,33)34/h14-15,17-23H,2-13,16H2,1H3. The first-order valence-corrected chi connectivity index (χ1v) is 13.7. The highest BCUT2D eigenvalue weighted by molar-refractivity contribution is 5.33. The first-order valence-electron chi connectivity index (χ1n) is 13.7. The van der Waals surface area contributed by atoms with Gasteiger partial charge in [0.1, 0.15) is 5.75 Å². The summed E-state index contributed by atoms with van der Waals surface area (Å²) in [6.07, 6.45) is 5.27. The minimum atomic E-state index is -5.07.